The van der Waals surface area contributed by atoms with E-state index in [4.69, 9.17) is 0 Å². The minimum atomic E-state index is 0.822. The summed E-state index contributed by atoms with van der Waals surface area (Å²) in [5.74, 6) is 0.822. The van der Waals surface area contributed by atoms with Crippen molar-refractivity contribution in [3.05, 3.63) is 40.9 Å². The van der Waals surface area contributed by atoms with Gasteiger partial charge < -0.3 is 5.32 Å². The minimum absolute atomic E-state index is 0.822. The summed E-state index contributed by atoms with van der Waals surface area (Å²) in [5.41, 5.74) is 2.40. The van der Waals surface area contributed by atoms with Crippen LogP contribution < -0.4 is 5.32 Å². The van der Waals surface area contributed by atoms with Gasteiger partial charge in [0.1, 0.15) is 0 Å². The topological polar surface area (TPSA) is 42.2 Å². The zero-order valence-electron chi connectivity index (χ0n) is 9.76. The van der Waals surface area contributed by atoms with E-state index >= 15 is 0 Å². The van der Waals surface area contributed by atoms with Crippen LogP contribution in [0.5, 0.6) is 0 Å². The fourth-order valence-corrected chi connectivity index (χ4v) is 3.40. The van der Waals surface area contributed by atoms with Gasteiger partial charge in [0, 0.05) is 30.0 Å². The number of hydrogen-bond donors (Lipinski definition) is 1. The van der Waals surface area contributed by atoms with Crippen LogP contribution in [0.3, 0.4) is 0 Å². The lowest BCUT2D eigenvalue weighted by Gasteiger charge is -2.11. The molecule has 5 heteroatoms. The van der Waals surface area contributed by atoms with Crippen LogP contribution in [-0.2, 0) is 13.0 Å². The number of fused-ring (bicyclic) bond motifs is 3. The first kappa shape index (κ1) is 10.2. The van der Waals surface area contributed by atoms with E-state index in [0.717, 1.165) is 35.9 Å². The average molecular weight is 256 g/mol. The zero-order valence-corrected chi connectivity index (χ0v) is 10.6. The SMILES string of the molecule is c1ccc(-c2nc3sc4c(n3n2)CCNC4)cc1. The van der Waals surface area contributed by atoms with E-state index in [-0.39, 0.29) is 0 Å². The predicted molar refractivity (Wildman–Crippen MR) is 71.7 cm³/mol. The Balaban J connectivity index is 1.88. The van der Waals surface area contributed by atoms with E-state index in [9.17, 15) is 0 Å². The minimum Gasteiger partial charge on any atom is -0.311 e. The third-order valence-electron chi connectivity index (χ3n) is 3.23. The van der Waals surface area contributed by atoms with Gasteiger partial charge in [-0.25, -0.2) is 4.52 Å². The molecule has 1 aromatic carbocycles. The Hall–Kier alpha value is -1.72. The van der Waals surface area contributed by atoms with E-state index in [1.54, 1.807) is 11.3 Å². The quantitative estimate of drug-likeness (QED) is 0.725. The fraction of sp³-hybridized carbons (Fsp3) is 0.231. The highest BCUT2D eigenvalue weighted by atomic mass is 32.1. The Labute approximate surface area is 108 Å². The Kier molecular flexibility index (Phi) is 2.21. The van der Waals surface area contributed by atoms with E-state index in [1.165, 1.54) is 10.6 Å². The highest BCUT2D eigenvalue weighted by Gasteiger charge is 2.18. The number of nitrogens with zero attached hydrogens (tertiary/aromatic N) is 3. The van der Waals surface area contributed by atoms with Crippen LogP contribution in [0.1, 0.15) is 10.6 Å². The zero-order chi connectivity index (χ0) is 11.9. The number of aromatic nitrogens is 3. The van der Waals surface area contributed by atoms with Crippen molar-refractivity contribution in [2.75, 3.05) is 6.54 Å². The lowest BCUT2D eigenvalue weighted by molar-refractivity contribution is 0.629. The first-order valence-electron chi connectivity index (χ1n) is 6.05. The molecule has 0 unspecified atom stereocenters. The van der Waals surface area contributed by atoms with Crippen LogP contribution in [0.25, 0.3) is 16.3 Å². The van der Waals surface area contributed by atoms with Crippen LogP contribution >= 0.6 is 11.3 Å². The molecule has 0 radical (unpaired) electrons. The Bertz CT molecular complexity index is 698. The molecule has 0 amide bonds. The van der Waals surface area contributed by atoms with Crippen LogP contribution in [0, 0.1) is 0 Å². The lowest BCUT2D eigenvalue weighted by Crippen LogP contribution is -2.23. The lowest BCUT2D eigenvalue weighted by atomic mass is 10.2. The first-order valence-corrected chi connectivity index (χ1v) is 6.87. The molecule has 0 bridgehead atoms. The molecule has 3 aromatic rings. The van der Waals surface area contributed by atoms with Crippen molar-refractivity contribution < 1.29 is 0 Å². The van der Waals surface area contributed by atoms with Gasteiger partial charge in [-0.2, -0.15) is 4.98 Å². The van der Waals surface area contributed by atoms with Crippen molar-refractivity contribution in [3.63, 3.8) is 0 Å². The summed E-state index contributed by atoms with van der Waals surface area (Å²) < 4.78 is 2.02. The number of thiazole rings is 1. The van der Waals surface area contributed by atoms with Gasteiger partial charge in [-0.05, 0) is 0 Å². The smallest absolute Gasteiger partial charge is 0.213 e. The van der Waals surface area contributed by atoms with Crippen LogP contribution in [-0.4, -0.2) is 21.1 Å². The molecule has 0 saturated heterocycles. The van der Waals surface area contributed by atoms with E-state index in [2.05, 4.69) is 15.4 Å². The third-order valence-corrected chi connectivity index (χ3v) is 4.30. The number of rotatable bonds is 1. The largest absolute Gasteiger partial charge is 0.311 e. The summed E-state index contributed by atoms with van der Waals surface area (Å²) in [5, 5.41) is 8.02. The molecule has 90 valence electrons. The van der Waals surface area contributed by atoms with Gasteiger partial charge in [0.05, 0.1) is 5.69 Å². The standard InChI is InChI=1S/C13H12N4S/c1-2-4-9(5-3-1)12-15-13-17(16-12)10-6-7-14-8-11(10)18-13/h1-5,14H,6-8H2. The van der Waals surface area contributed by atoms with Crippen molar-refractivity contribution in [2.24, 2.45) is 0 Å². The van der Waals surface area contributed by atoms with E-state index < -0.39 is 0 Å². The maximum Gasteiger partial charge on any atom is 0.213 e. The van der Waals surface area contributed by atoms with Crippen LogP contribution in [0.2, 0.25) is 0 Å². The highest BCUT2D eigenvalue weighted by molar-refractivity contribution is 7.17. The average Bonchev–Trinajstić information content (AvgIpc) is 2.97. The molecular formula is C13H12N4S. The molecule has 2 aromatic heterocycles. The summed E-state index contributed by atoms with van der Waals surface area (Å²) in [4.78, 5) is 7.00. The van der Waals surface area contributed by atoms with Crippen molar-refractivity contribution in [1.82, 2.24) is 19.9 Å². The molecule has 18 heavy (non-hydrogen) atoms. The summed E-state index contributed by atoms with van der Waals surface area (Å²) in [7, 11) is 0. The van der Waals surface area contributed by atoms with Crippen LogP contribution in [0.4, 0.5) is 0 Å². The second-order valence-electron chi connectivity index (χ2n) is 4.39. The van der Waals surface area contributed by atoms with Crippen molar-refractivity contribution in [3.8, 4) is 11.4 Å². The number of hydrogen-bond acceptors (Lipinski definition) is 4. The summed E-state index contributed by atoms with van der Waals surface area (Å²) in [6, 6.07) is 10.1. The second-order valence-corrected chi connectivity index (χ2v) is 5.46. The van der Waals surface area contributed by atoms with Gasteiger partial charge in [-0.3, -0.25) is 0 Å². The van der Waals surface area contributed by atoms with Crippen molar-refractivity contribution >= 4 is 16.3 Å². The summed E-state index contributed by atoms with van der Waals surface area (Å²) in [6.07, 6.45) is 1.03. The first-order chi connectivity index (χ1) is 8.92. The maximum absolute atomic E-state index is 4.64. The van der Waals surface area contributed by atoms with Gasteiger partial charge in [-0.15, -0.1) is 5.10 Å². The van der Waals surface area contributed by atoms with Gasteiger partial charge in [0.25, 0.3) is 0 Å². The van der Waals surface area contributed by atoms with Gasteiger partial charge >= 0.3 is 0 Å². The molecule has 1 aliphatic rings. The molecule has 0 saturated carbocycles. The molecule has 1 N–H and O–H groups in total. The highest BCUT2D eigenvalue weighted by Crippen LogP contribution is 2.26. The molecule has 0 atom stereocenters. The number of nitrogens with one attached hydrogen (secondary N) is 1. The summed E-state index contributed by atoms with van der Waals surface area (Å²) in [6.45, 7) is 1.98. The van der Waals surface area contributed by atoms with Gasteiger partial charge in [0.2, 0.25) is 4.96 Å². The molecule has 4 rings (SSSR count). The van der Waals surface area contributed by atoms with Crippen LogP contribution in [0.15, 0.2) is 30.3 Å². The molecular weight excluding hydrogens is 244 g/mol. The van der Waals surface area contributed by atoms with E-state index in [0.29, 0.717) is 0 Å². The molecule has 0 fully saturated rings. The van der Waals surface area contributed by atoms with Gasteiger partial charge in [-0.1, -0.05) is 41.7 Å². The third kappa shape index (κ3) is 1.48. The second kappa shape index (κ2) is 3.90. The predicted octanol–water partition coefficient (Wildman–Crippen LogP) is 2.10. The van der Waals surface area contributed by atoms with Gasteiger partial charge in [0.15, 0.2) is 5.82 Å². The number of benzene rings is 1. The van der Waals surface area contributed by atoms with Crippen molar-refractivity contribution in [2.45, 2.75) is 13.0 Å². The Morgan fingerprint density at radius 3 is 3.00 bits per heavy atom. The Morgan fingerprint density at radius 2 is 2.11 bits per heavy atom. The molecule has 0 spiro atoms. The monoisotopic (exact) mass is 256 g/mol. The molecule has 1 aliphatic heterocycles. The normalized spacial score (nSPS) is 14.9. The fourth-order valence-electron chi connectivity index (χ4n) is 2.33. The molecule has 3 heterocycles. The van der Waals surface area contributed by atoms with E-state index in [1.807, 2.05) is 34.8 Å². The van der Waals surface area contributed by atoms with Crippen molar-refractivity contribution in [1.29, 1.82) is 0 Å². The summed E-state index contributed by atoms with van der Waals surface area (Å²) >= 11 is 1.74. The molecule has 0 aliphatic carbocycles. The maximum atomic E-state index is 4.64. The Morgan fingerprint density at radius 1 is 1.22 bits per heavy atom. The molecule has 4 nitrogen and oxygen atoms in total.